The van der Waals surface area contributed by atoms with E-state index in [0.717, 1.165) is 5.69 Å². The summed E-state index contributed by atoms with van der Waals surface area (Å²) in [6, 6.07) is 5.76. The molecular formula is C20H28N4O3. The minimum Gasteiger partial charge on any atom is -0.508 e. The molecule has 0 aliphatic carbocycles. The second kappa shape index (κ2) is 8.24. The third-order valence-electron chi connectivity index (χ3n) is 4.12. The Balaban J connectivity index is 1.98. The molecule has 146 valence electrons. The zero-order chi connectivity index (χ0) is 20.2. The van der Waals surface area contributed by atoms with Crippen LogP contribution in [-0.2, 0) is 12.0 Å². The van der Waals surface area contributed by atoms with Crippen LogP contribution < -0.4 is 10.6 Å². The summed E-state index contributed by atoms with van der Waals surface area (Å²) in [6.45, 7) is 10.8. The summed E-state index contributed by atoms with van der Waals surface area (Å²) in [5.41, 5.74) is 1.51. The van der Waals surface area contributed by atoms with Gasteiger partial charge in [-0.05, 0) is 38.1 Å². The van der Waals surface area contributed by atoms with Gasteiger partial charge in [0.15, 0.2) is 0 Å². The first-order chi connectivity index (χ1) is 12.6. The van der Waals surface area contributed by atoms with Gasteiger partial charge in [0.25, 0.3) is 11.8 Å². The van der Waals surface area contributed by atoms with Gasteiger partial charge in [0.1, 0.15) is 5.75 Å². The van der Waals surface area contributed by atoms with Gasteiger partial charge in [-0.1, -0.05) is 20.8 Å². The standard InChI is InChI=1S/C20H28N4O3/c1-6-24-12-16(17(23-24)20(3,4)5)19(27)21-11-13(2)22-18(26)14-7-9-15(25)10-8-14/h7-10,12-13,25H,6,11H2,1-5H3,(H,21,27)(H,22,26)/t13-/m0/s1. The van der Waals surface area contributed by atoms with E-state index in [1.54, 1.807) is 23.0 Å². The zero-order valence-corrected chi connectivity index (χ0v) is 16.5. The molecule has 0 saturated heterocycles. The van der Waals surface area contributed by atoms with Crippen LogP contribution in [-0.4, -0.2) is 39.3 Å². The molecule has 0 unspecified atom stereocenters. The Kier molecular flexibility index (Phi) is 6.25. The van der Waals surface area contributed by atoms with Gasteiger partial charge >= 0.3 is 0 Å². The Morgan fingerprint density at radius 1 is 1.19 bits per heavy atom. The lowest BCUT2D eigenvalue weighted by Gasteiger charge is -2.18. The highest BCUT2D eigenvalue weighted by atomic mass is 16.3. The number of amides is 2. The van der Waals surface area contributed by atoms with E-state index in [4.69, 9.17) is 0 Å². The van der Waals surface area contributed by atoms with Crippen molar-refractivity contribution in [1.82, 2.24) is 20.4 Å². The molecule has 2 aromatic rings. The van der Waals surface area contributed by atoms with Crippen LogP contribution in [0.3, 0.4) is 0 Å². The number of benzene rings is 1. The molecule has 27 heavy (non-hydrogen) atoms. The Morgan fingerprint density at radius 2 is 1.81 bits per heavy atom. The summed E-state index contributed by atoms with van der Waals surface area (Å²) < 4.78 is 1.76. The molecule has 7 heteroatoms. The second-order valence-electron chi connectivity index (χ2n) is 7.63. The number of aryl methyl sites for hydroxylation is 1. The number of rotatable bonds is 6. The van der Waals surface area contributed by atoms with E-state index in [0.29, 0.717) is 24.2 Å². The number of aromatic hydroxyl groups is 1. The van der Waals surface area contributed by atoms with Crippen molar-refractivity contribution in [3.63, 3.8) is 0 Å². The fourth-order valence-electron chi connectivity index (χ4n) is 2.62. The second-order valence-corrected chi connectivity index (χ2v) is 7.63. The molecule has 0 aliphatic heterocycles. The summed E-state index contributed by atoms with van der Waals surface area (Å²) in [5, 5.41) is 19.5. The SMILES string of the molecule is CCn1cc(C(=O)NC[C@H](C)NC(=O)c2ccc(O)cc2)c(C(C)(C)C)n1. The van der Waals surface area contributed by atoms with E-state index in [1.165, 1.54) is 12.1 Å². The van der Waals surface area contributed by atoms with Crippen LogP contribution in [0.4, 0.5) is 0 Å². The molecule has 0 fully saturated rings. The zero-order valence-electron chi connectivity index (χ0n) is 16.5. The largest absolute Gasteiger partial charge is 0.508 e. The van der Waals surface area contributed by atoms with E-state index < -0.39 is 0 Å². The summed E-state index contributed by atoms with van der Waals surface area (Å²) in [5.74, 6) is -0.356. The Hall–Kier alpha value is -2.83. The lowest BCUT2D eigenvalue weighted by molar-refractivity contribution is 0.0911. The summed E-state index contributed by atoms with van der Waals surface area (Å²) in [4.78, 5) is 24.8. The number of nitrogens with one attached hydrogen (secondary N) is 2. The fourth-order valence-corrected chi connectivity index (χ4v) is 2.62. The predicted molar refractivity (Wildman–Crippen MR) is 104 cm³/mol. The molecule has 2 amide bonds. The number of phenols is 1. The number of nitrogens with zero attached hydrogens (tertiary/aromatic N) is 2. The van der Waals surface area contributed by atoms with E-state index >= 15 is 0 Å². The smallest absolute Gasteiger partial charge is 0.254 e. The van der Waals surface area contributed by atoms with Crippen molar-refractivity contribution in [1.29, 1.82) is 0 Å². The van der Waals surface area contributed by atoms with Crippen LogP contribution in [0, 0.1) is 0 Å². The first-order valence-corrected chi connectivity index (χ1v) is 9.07. The van der Waals surface area contributed by atoms with Crippen molar-refractivity contribution in [2.75, 3.05) is 6.54 Å². The number of carbonyl (C=O) groups excluding carboxylic acids is 2. The topological polar surface area (TPSA) is 96.2 Å². The van der Waals surface area contributed by atoms with Crippen molar-refractivity contribution in [3.05, 3.63) is 47.3 Å². The highest BCUT2D eigenvalue weighted by Gasteiger charge is 2.26. The van der Waals surface area contributed by atoms with Crippen LogP contribution in [0.25, 0.3) is 0 Å². The van der Waals surface area contributed by atoms with E-state index in [9.17, 15) is 14.7 Å². The minimum absolute atomic E-state index is 0.106. The molecule has 1 heterocycles. The van der Waals surface area contributed by atoms with Gasteiger partial charge in [-0.2, -0.15) is 5.10 Å². The molecule has 7 nitrogen and oxygen atoms in total. The van der Waals surface area contributed by atoms with Crippen molar-refractivity contribution >= 4 is 11.8 Å². The van der Waals surface area contributed by atoms with Gasteiger partial charge in [0, 0.05) is 36.3 Å². The van der Waals surface area contributed by atoms with Crippen LogP contribution in [0.2, 0.25) is 0 Å². The lowest BCUT2D eigenvalue weighted by Crippen LogP contribution is -2.42. The first kappa shape index (κ1) is 20.5. The average molecular weight is 372 g/mol. The molecule has 2 rings (SSSR count). The third kappa shape index (κ3) is 5.32. The van der Waals surface area contributed by atoms with Gasteiger partial charge in [-0.25, -0.2) is 0 Å². The number of carbonyl (C=O) groups is 2. The number of hydrogen-bond acceptors (Lipinski definition) is 4. The Morgan fingerprint density at radius 3 is 2.37 bits per heavy atom. The Bertz CT molecular complexity index is 804. The van der Waals surface area contributed by atoms with E-state index in [-0.39, 0.29) is 29.0 Å². The summed E-state index contributed by atoms with van der Waals surface area (Å²) in [7, 11) is 0. The lowest BCUT2D eigenvalue weighted by atomic mass is 9.89. The van der Waals surface area contributed by atoms with E-state index in [2.05, 4.69) is 15.7 Å². The van der Waals surface area contributed by atoms with Crippen LogP contribution in [0.5, 0.6) is 5.75 Å². The molecule has 1 aromatic carbocycles. The highest BCUT2D eigenvalue weighted by molar-refractivity contribution is 5.96. The quantitative estimate of drug-likeness (QED) is 0.726. The Labute approximate surface area is 159 Å². The molecular weight excluding hydrogens is 344 g/mol. The molecule has 0 radical (unpaired) electrons. The number of phenolic OH excluding ortho intramolecular Hbond substituents is 1. The van der Waals surface area contributed by atoms with E-state index in [1.807, 2.05) is 34.6 Å². The monoisotopic (exact) mass is 372 g/mol. The molecule has 0 bridgehead atoms. The first-order valence-electron chi connectivity index (χ1n) is 9.07. The maximum atomic E-state index is 12.6. The van der Waals surface area contributed by atoms with Crippen LogP contribution in [0.15, 0.2) is 30.5 Å². The van der Waals surface area contributed by atoms with Crippen LogP contribution in [0.1, 0.15) is 61.0 Å². The maximum Gasteiger partial charge on any atom is 0.254 e. The van der Waals surface area contributed by atoms with Gasteiger partial charge in [-0.15, -0.1) is 0 Å². The predicted octanol–water partition coefficient (Wildman–Crippen LogP) is 2.45. The molecule has 1 atom stereocenters. The van der Waals surface area contributed by atoms with Gasteiger partial charge in [0.05, 0.1) is 11.3 Å². The van der Waals surface area contributed by atoms with Crippen molar-refractivity contribution < 1.29 is 14.7 Å². The molecule has 3 N–H and O–H groups in total. The van der Waals surface area contributed by atoms with Crippen molar-refractivity contribution in [2.45, 2.75) is 52.6 Å². The summed E-state index contributed by atoms with van der Waals surface area (Å²) in [6.07, 6.45) is 1.76. The fraction of sp³-hybridized carbons (Fsp3) is 0.450. The molecule has 1 aromatic heterocycles. The molecule has 0 spiro atoms. The van der Waals surface area contributed by atoms with Crippen LogP contribution >= 0.6 is 0 Å². The van der Waals surface area contributed by atoms with Gasteiger partial charge in [0.2, 0.25) is 0 Å². The highest BCUT2D eigenvalue weighted by Crippen LogP contribution is 2.24. The number of aromatic nitrogens is 2. The molecule has 0 saturated carbocycles. The van der Waals surface area contributed by atoms with Gasteiger partial charge in [-0.3, -0.25) is 14.3 Å². The minimum atomic E-state index is -0.258. The van der Waals surface area contributed by atoms with Crippen molar-refractivity contribution in [3.8, 4) is 5.75 Å². The summed E-state index contributed by atoms with van der Waals surface area (Å²) >= 11 is 0. The normalized spacial score (nSPS) is 12.5. The van der Waals surface area contributed by atoms with Crippen molar-refractivity contribution in [2.24, 2.45) is 0 Å². The third-order valence-corrected chi connectivity index (χ3v) is 4.12. The van der Waals surface area contributed by atoms with Gasteiger partial charge < -0.3 is 15.7 Å². The number of hydrogen-bond donors (Lipinski definition) is 3. The maximum absolute atomic E-state index is 12.6. The molecule has 0 aliphatic rings. The average Bonchev–Trinajstić information content (AvgIpc) is 3.05.